The Morgan fingerprint density at radius 2 is 1.50 bits per heavy atom. The van der Waals surface area contributed by atoms with Crippen LogP contribution >= 0.6 is 0 Å². The highest BCUT2D eigenvalue weighted by Gasteiger charge is 2.21. The van der Waals surface area contributed by atoms with Crippen molar-refractivity contribution in [1.29, 1.82) is 0 Å². The van der Waals surface area contributed by atoms with Crippen molar-refractivity contribution in [3.63, 3.8) is 0 Å². The molecular formula is C10H28O5Si3. The Bertz CT molecular complexity index is 202. The van der Waals surface area contributed by atoms with Crippen molar-refractivity contribution in [3.05, 3.63) is 0 Å². The van der Waals surface area contributed by atoms with Gasteiger partial charge >= 0.3 is 0 Å². The second kappa shape index (κ2) is 10.3. The maximum atomic E-state index is 9.07. The van der Waals surface area contributed by atoms with Gasteiger partial charge in [0, 0.05) is 6.23 Å². The minimum absolute atomic E-state index is 0.341. The van der Waals surface area contributed by atoms with Gasteiger partial charge in [0.25, 0.3) is 0 Å². The van der Waals surface area contributed by atoms with Gasteiger partial charge in [0.05, 0.1) is 40.7 Å². The van der Waals surface area contributed by atoms with Crippen LogP contribution in [0.15, 0.2) is 0 Å². The fourth-order valence-electron chi connectivity index (χ4n) is 1.27. The first-order chi connectivity index (χ1) is 8.33. The van der Waals surface area contributed by atoms with Crippen molar-refractivity contribution >= 4 is 26.6 Å². The molecule has 0 aromatic rings. The average molecular weight is 313 g/mol. The van der Waals surface area contributed by atoms with Crippen molar-refractivity contribution in [2.24, 2.45) is 0 Å². The normalized spacial score (nSPS) is 17.0. The Kier molecular flexibility index (Phi) is 10.5. The van der Waals surface area contributed by atoms with E-state index >= 15 is 0 Å². The number of aliphatic hydroxyl groups excluding tert-OH is 2. The molecule has 110 valence electrons. The summed E-state index contributed by atoms with van der Waals surface area (Å²) >= 11 is 0. The molecule has 2 N–H and O–H groups in total. The fraction of sp³-hybridized carbons (Fsp3) is 1.00. The molecule has 0 heterocycles. The zero-order chi connectivity index (χ0) is 14.0. The van der Waals surface area contributed by atoms with Crippen LogP contribution in [0.1, 0.15) is 13.8 Å². The van der Waals surface area contributed by atoms with Crippen LogP contribution in [0.5, 0.6) is 0 Å². The first-order valence-corrected chi connectivity index (χ1v) is 14.3. The van der Waals surface area contributed by atoms with Crippen LogP contribution in [0.3, 0.4) is 0 Å². The van der Waals surface area contributed by atoms with E-state index in [9.17, 15) is 0 Å². The van der Waals surface area contributed by atoms with E-state index in [-0.39, 0.29) is 15.1 Å². The lowest BCUT2D eigenvalue weighted by atomic mass is 10.5. The third kappa shape index (κ3) is 12.9. The Morgan fingerprint density at radius 1 is 1.00 bits per heavy atom. The van der Waals surface area contributed by atoms with Crippen molar-refractivity contribution < 1.29 is 23.8 Å². The van der Waals surface area contributed by atoms with Gasteiger partial charge in [0.2, 0.25) is 0 Å². The molecule has 2 unspecified atom stereocenters. The summed E-state index contributed by atoms with van der Waals surface area (Å²) in [6.07, 6.45) is 0.678. The van der Waals surface area contributed by atoms with E-state index in [2.05, 4.69) is 13.1 Å². The largest absolute Gasteiger partial charge is 0.461 e. The number of rotatable bonds is 11. The quantitative estimate of drug-likeness (QED) is 0.365. The third-order valence-corrected chi connectivity index (χ3v) is 14.4. The van der Waals surface area contributed by atoms with Crippen molar-refractivity contribution in [2.75, 3.05) is 25.7 Å². The molecule has 0 radical (unpaired) electrons. The molecule has 0 rings (SSSR count). The highest BCUT2D eigenvalue weighted by Crippen LogP contribution is 2.01. The molecule has 0 aromatic carbocycles. The van der Waals surface area contributed by atoms with Gasteiger partial charge in [0.15, 0.2) is 17.6 Å². The Labute approximate surface area is 116 Å². The molecule has 0 saturated carbocycles. The summed E-state index contributed by atoms with van der Waals surface area (Å²) in [5.74, 6) is 0. The van der Waals surface area contributed by atoms with E-state index in [0.29, 0.717) is 19.4 Å². The zero-order valence-electron chi connectivity index (χ0n) is 12.0. The summed E-state index contributed by atoms with van der Waals surface area (Å²) in [5, 5.41) is 18.1. The average Bonchev–Trinajstić information content (AvgIpc) is 2.23. The molecule has 0 fully saturated rings. The Morgan fingerprint density at radius 3 is 2.00 bits per heavy atom. The summed E-state index contributed by atoms with van der Waals surface area (Å²) < 4.78 is 16.7. The van der Waals surface area contributed by atoms with Gasteiger partial charge in [-0.15, -0.1) is 0 Å². The van der Waals surface area contributed by atoms with Crippen LogP contribution in [-0.4, -0.2) is 74.7 Å². The van der Waals surface area contributed by atoms with E-state index in [4.69, 9.17) is 23.8 Å². The van der Waals surface area contributed by atoms with Crippen LogP contribution in [0.2, 0.25) is 13.1 Å². The summed E-state index contributed by atoms with van der Waals surface area (Å²) in [4.78, 5) is 0. The van der Waals surface area contributed by atoms with Gasteiger partial charge in [-0.3, -0.25) is 0 Å². The molecule has 0 aliphatic rings. The minimum Gasteiger partial charge on any atom is -0.461 e. The van der Waals surface area contributed by atoms with Gasteiger partial charge in [-0.25, -0.2) is 0 Å². The topological polar surface area (TPSA) is 68.2 Å². The number of ether oxygens (including phenoxy) is 2. The number of hydrogen-bond donors (Lipinski definition) is 2. The molecule has 8 heteroatoms. The predicted octanol–water partition coefficient (Wildman–Crippen LogP) is -1.33. The van der Waals surface area contributed by atoms with Crippen molar-refractivity contribution in [2.45, 2.75) is 39.1 Å². The number of hydrogen-bond acceptors (Lipinski definition) is 5. The van der Waals surface area contributed by atoms with Gasteiger partial charge in [-0.05, 0) is 26.9 Å². The highest BCUT2D eigenvalue weighted by molar-refractivity contribution is 7.21. The lowest BCUT2D eigenvalue weighted by molar-refractivity contribution is 0.0646. The van der Waals surface area contributed by atoms with Gasteiger partial charge in [0.1, 0.15) is 0 Å². The summed E-state index contributed by atoms with van der Waals surface area (Å²) in [6.45, 7) is 8.72. The van der Waals surface area contributed by atoms with E-state index in [1.54, 1.807) is 13.8 Å². The molecule has 0 amide bonds. The Balaban J connectivity index is 3.48. The second-order valence-corrected chi connectivity index (χ2v) is 18.2. The SMILES string of the molecule is CC(O)COC[SiH2]O[Si](C)(C)[SiH2]COCC(C)O. The van der Waals surface area contributed by atoms with Crippen LogP contribution < -0.4 is 0 Å². The third-order valence-electron chi connectivity index (χ3n) is 2.29. The van der Waals surface area contributed by atoms with E-state index in [0.717, 1.165) is 6.23 Å². The number of aliphatic hydroxyl groups is 2. The monoisotopic (exact) mass is 312 g/mol. The maximum Gasteiger partial charge on any atom is 0.172 e. The smallest absolute Gasteiger partial charge is 0.172 e. The molecule has 18 heavy (non-hydrogen) atoms. The van der Waals surface area contributed by atoms with E-state index < -0.39 is 23.7 Å². The first-order valence-electron chi connectivity index (χ1n) is 6.49. The summed E-state index contributed by atoms with van der Waals surface area (Å²) in [6, 6.07) is 0. The zero-order valence-corrected chi connectivity index (χ0v) is 15.8. The molecule has 0 aromatic heterocycles. The van der Waals surface area contributed by atoms with Gasteiger partial charge in [-0.2, -0.15) is 0 Å². The molecule has 0 aliphatic heterocycles. The van der Waals surface area contributed by atoms with Crippen LogP contribution in [0.4, 0.5) is 0 Å². The van der Waals surface area contributed by atoms with Crippen LogP contribution in [-0.2, 0) is 13.6 Å². The minimum atomic E-state index is -1.50. The van der Waals surface area contributed by atoms with E-state index in [1.807, 2.05) is 0 Å². The molecule has 2 atom stereocenters. The lowest BCUT2D eigenvalue weighted by Gasteiger charge is -2.23. The molecule has 0 aliphatic carbocycles. The van der Waals surface area contributed by atoms with Crippen molar-refractivity contribution in [1.82, 2.24) is 0 Å². The lowest BCUT2D eigenvalue weighted by Crippen LogP contribution is -2.43. The molecule has 5 nitrogen and oxygen atoms in total. The van der Waals surface area contributed by atoms with Crippen molar-refractivity contribution in [3.8, 4) is 0 Å². The van der Waals surface area contributed by atoms with Gasteiger partial charge < -0.3 is 23.8 Å². The second-order valence-electron chi connectivity index (χ2n) is 5.21. The standard InChI is InChI=1S/C10H28O5Si3/c1-9(11)5-13-7-16-15-18(3,4)17-8-14-6-10(2)12/h9-12H,5-8,16-17H2,1-4H3. The maximum absolute atomic E-state index is 9.07. The Hall–Kier alpha value is 0.451. The molecule has 0 saturated heterocycles. The highest BCUT2D eigenvalue weighted by atomic mass is 29.2. The molecular weight excluding hydrogens is 284 g/mol. The molecule has 0 bridgehead atoms. The predicted molar refractivity (Wildman–Crippen MR) is 80.7 cm³/mol. The van der Waals surface area contributed by atoms with E-state index in [1.165, 1.54) is 0 Å². The first kappa shape index (κ1) is 18.5. The summed E-state index contributed by atoms with van der Waals surface area (Å²) in [5.41, 5.74) is 0. The van der Waals surface area contributed by atoms with Crippen LogP contribution in [0, 0.1) is 0 Å². The fourth-order valence-corrected chi connectivity index (χ4v) is 9.99. The molecule has 0 spiro atoms. The van der Waals surface area contributed by atoms with Crippen LogP contribution in [0.25, 0.3) is 0 Å². The summed E-state index contributed by atoms with van der Waals surface area (Å²) in [7, 11) is -2.47. The van der Waals surface area contributed by atoms with Gasteiger partial charge in [-0.1, -0.05) is 0 Å².